The second-order valence-electron chi connectivity index (χ2n) is 5.53. The Kier molecular flexibility index (Phi) is 5.39. The van der Waals surface area contributed by atoms with Crippen LogP contribution in [0.1, 0.15) is 62.4 Å². The first-order valence-corrected chi connectivity index (χ1v) is 6.79. The average Bonchev–Trinajstić information content (AvgIpc) is 2.35. The van der Waals surface area contributed by atoms with Gasteiger partial charge in [-0.15, -0.1) is 0 Å². The van der Waals surface area contributed by atoms with E-state index in [-0.39, 0.29) is 0 Å². The van der Waals surface area contributed by atoms with E-state index in [0.717, 1.165) is 0 Å². The molecule has 0 saturated carbocycles. The van der Waals surface area contributed by atoms with Crippen LogP contribution in [0.4, 0.5) is 0 Å². The van der Waals surface area contributed by atoms with Crippen LogP contribution in [-0.2, 0) is 0 Å². The van der Waals surface area contributed by atoms with Crippen LogP contribution >= 0.6 is 0 Å². The Bertz CT molecular complexity index is 379. The van der Waals surface area contributed by atoms with Crippen LogP contribution in [-0.4, -0.2) is 11.1 Å². The van der Waals surface area contributed by atoms with Crippen LogP contribution in [0.15, 0.2) is 24.3 Å². The van der Waals surface area contributed by atoms with Crippen LogP contribution in [0.3, 0.4) is 0 Å². The summed E-state index contributed by atoms with van der Waals surface area (Å²) in [6, 6.07) is 7.36. The molecule has 100 valence electrons. The molecule has 0 spiro atoms. The predicted molar refractivity (Wildman–Crippen MR) is 75.1 cm³/mol. The summed E-state index contributed by atoms with van der Waals surface area (Å²) in [5.41, 5.74) is 1.63. The van der Waals surface area contributed by atoms with E-state index in [4.69, 9.17) is 5.11 Å². The first-order chi connectivity index (χ1) is 8.45. The minimum Gasteiger partial charge on any atom is -0.478 e. The highest BCUT2D eigenvalue weighted by Crippen LogP contribution is 2.32. The van der Waals surface area contributed by atoms with Gasteiger partial charge in [0.2, 0.25) is 0 Å². The first-order valence-electron chi connectivity index (χ1n) is 6.79. The minimum atomic E-state index is -0.857. The van der Waals surface area contributed by atoms with Crippen LogP contribution in [0.25, 0.3) is 0 Å². The SMILES string of the molecule is CCC(C)CC(c1ccc(C(=O)O)cc1)C(C)C. The lowest BCUT2D eigenvalue weighted by Gasteiger charge is -2.24. The molecule has 0 aliphatic carbocycles. The summed E-state index contributed by atoms with van der Waals surface area (Å²) in [4.78, 5) is 10.8. The van der Waals surface area contributed by atoms with Crippen LogP contribution in [0.5, 0.6) is 0 Å². The molecule has 0 saturated heterocycles. The van der Waals surface area contributed by atoms with Gasteiger partial charge >= 0.3 is 5.97 Å². The van der Waals surface area contributed by atoms with E-state index < -0.39 is 5.97 Å². The number of hydrogen-bond donors (Lipinski definition) is 1. The van der Waals surface area contributed by atoms with E-state index in [1.54, 1.807) is 12.1 Å². The summed E-state index contributed by atoms with van der Waals surface area (Å²) in [5.74, 6) is 0.943. The monoisotopic (exact) mass is 248 g/mol. The molecule has 2 atom stereocenters. The van der Waals surface area contributed by atoms with E-state index in [1.807, 2.05) is 12.1 Å². The standard InChI is InChI=1S/C16H24O2/c1-5-12(4)10-15(11(2)3)13-6-8-14(9-7-13)16(17)18/h6-9,11-12,15H,5,10H2,1-4H3,(H,17,18). The minimum absolute atomic E-state index is 0.366. The molecule has 0 aliphatic heterocycles. The van der Waals surface area contributed by atoms with E-state index in [2.05, 4.69) is 27.7 Å². The Balaban J connectivity index is 2.89. The average molecular weight is 248 g/mol. The van der Waals surface area contributed by atoms with Crippen molar-refractivity contribution < 1.29 is 9.90 Å². The van der Waals surface area contributed by atoms with Crippen molar-refractivity contribution in [2.45, 2.75) is 46.5 Å². The fourth-order valence-corrected chi connectivity index (χ4v) is 2.27. The second kappa shape index (κ2) is 6.58. The number of hydrogen-bond acceptors (Lipinski definition) is 1. The van der Waals surface area contributed by atoms with E-state index in [1.165, 1.54) is 18.4 Å². The molecule has 0 heterocycles. The highest BCUT2D eigenvalue weighted by atomic mass is 16.4. The third-order valence-corrected chi connectivity index (χ3v) is 3.74. The summed E-state index contributed by atoms with van der Waals surface area (Å²) in [5, 5.41) is 8.91. The molecular formula is C16H24O2. The van der Waals surface area contributed by atoms with Gasteiger partial charge in [-0.1, -0.05) is 46.2 Å². The van der Waals surface area contributed by atoms with Crippen molar-refractivity contribution >= 4 is 5.97 Å². The molecule has 0 aromatic heterocycles. The maximum Gasteiger partial charge on any atom is 0.335 e. The molecular weight excluding hydrogens is 224 g/mol. The van der Waals surface area contributed by atoms with Crippen LogP contribution in [0.2, 0.25) is 0 Å². The smallest absolute Gasteiger partial charge is 0.335 e. The molecule has 2 heteroatoms. The fourth-order valence-electron chi connectivity index (χ4n) is 2.27. The van der Waals surface area contributed by atoms with Crippen molar-refractivity contribution in [2.75, 3.05) is 0 Å². The normalized spacial score (nSPS) is 14.5. The van der Waals surface area contributed by atoms with Crippen molar-refractivity contribution in [3.05, 3.63) is 35.4 Å². The van der Waals surface area contributed by atoms with Crippen LogP contribution in [0, 0.1) is 11.8 Å². The van der Waals surface area contributed by atoms with Gasteiger partial charge in [0.15, 0.2) is 0 Å². The number of benzene rings is 1. The number of carboxylic acid groups (broad SMARTS) is 1. The van der Waals surface area contributed by atoms with Gasteiger partial charge in [0.25, 0.3) is 0 Å². The maximum atomic E-state index is 10.8. The van der Waals surface area contributed by atoms with Crippen molar-refractivity contribution in [1.29, 1.82) is 0 Å². The third kappa shape index (κ3) is 3.86. The lowest BCUT2D eigenvalue weighted by Crippen LogP contribution is -2.11. The Hall–Kier alpha value is -1.31. The van der Waals surface area contributed by atoms with Crippen molar-refractivity contribution in [1.82, 2.24) is 0 Å². The molecule has 1 aromatic carbocycles. The Morgan fingerprint density at radius 3 is 2.11 bits per heavy atom. The largest absolute Gasteiger partial charge is 0.478 e. The zero-order chi connectivity index (χ0) is 13.7. The molecule has 0 bridgehead atoms. The number of carboxylic acids is 1. The van der Waals surface area contributed by atoms with E-state index in [9.17, 15) is 4.79 Å². The van der Waals surface area contributed by atoms with E-state index in [0.29, 0.717) is 23.3 Å². The lowest BCUT2D eigenvalue weighted by molar-refractivity contribution is 0.0697. The van der Waals surface area contributed by atoms with Gasteiger partial charge in [0.1, 0.15) is 0 Å². The van der Waals surface area contributed by atoms with Crippen molar-refractivity contribution in [2.24, 2.45) is 11.8 Å². The maximum absolute atomic E-state index is 10.8. The van der Waals surface area contributed by atoms with Gasteiger partial charge in [-0.2, -0.15) is 0 Å². The molecule has 18 heavy (non-hydrogen) atoms. The quantitative estimate of drug-likeness (QED) is 0.801. The predicted octanol–water partition coefficient (Wildman–Crippen LogP) is 4.56. The Morgan fingerprint density at radius 2 is 1.72 bits per heavy atom. The fraction of sp³-hybridized carbons (Fsp3) is 0.562. The highest BCUT2D eigenvalue weighted by molar-refractivity contribution is 5.87. The second-order valence-corrected chi connectivity index (χ2v) is 5.53. The number of rotatable bonds is 6. The summed E-state index contributed by atoms with van der Waals surface area (Å²) >= 11 is 0. The highest BCUT2D eigenvalue weighted by Gasteiger charge is 2.18. The molecule has 2 nitrogen and oxygen atoms in total. The topological polar surface area (TPSA) is 37.3 Å². The Labute approximate surface area is 110 Å². The lowest BCUT2D eigenvalue weighted by atomic mass is 9.81. The molecule has 2 unspecified atom stereocenters. The van der Waals surface area contributed by atoms with Crippen molar-refractivity contribution in [3.63, 3.8) is 0 Å². The van der Waals surface area contributed by atoms with Crippen molar-refractivity contribution in [3.8, 4) is 0 Å². The zero-order valence-electron chi connectivity index (χ0n) is 11.8. The first kappa shape index (κ1) is 14.7. The summed E-state index contributed by atoms with van der Waals surface area (Å²) < 4.78 is 0. The van der Waals surface area contributed by atoms with Gasteiger partial charge in [-0.05, 0) is 41.9 Å². The Morgan fingerprint density at radius 1 is 1.17 bits per heavy atom. The summed E-state index contributed by atoms with van der Waals surface area (Å²) in [7, 11) is 0. The van der Waals surface area contributed by atoms with Gasteiger partial charge in [0.05, 0.1) is 5.56 Å². The van der Waals surface area contributed by atoms with Gasteiger partial charge in [0, 0.05) is 0 Å². The van der Waals surface area contributed by atoms with E-state index >= 15 is 0 Å². The number of aromatic carboxylic acids is 1. The molecule has 0 aliphatic rings. The van der Waals surface area contributed by atoms with Gasteiger partial charge in [-0.3, -0.25) is 0 Å². The molecule has 1 rings (SSSR count). The summed E-state index contributed by atoms with van der Waals surface area (Å²) in [6.07, 6.45) is 2.36. The van der Waals surface area contributed by atoms with Gasteiger partial charge < -0.3 is 5.11 Å². The molecule has 0 amide bonds. The zero-order valence-corrected chi connectivity index (χ0v) is 11.8. The molecule has 0 fully saturated rings. The number of carbonyl (C=O) groups is 1. The molecule has 1 N–H and O–H groups in total. The van der Waals surface area contributed by atoms with Crippen LogP contribution < -0.4 is 0 Å². The molecule has 1 aromatic rings. The molecule has 0 radical (unpaired) electrons. The summed E-state index contributed by atoms with van der Waals surface area (Å²) in [6.45, 7) is 8.97. The van der Waals surface area contributed by atoms with Gasteiger partial charge in [-0.25, -0.2) is 4.79 Å². The third-order valence-electron chi connectivity index (χ3n) is 3.74.